The molecule has 0 atom stereocenters. The van der Waals surface area contributed by atoms with Gasteiger partial charge in [0.15, 0.2) is 0 Å². The lowest BCUT2D eigenvalue weighted by atomic mass is 10.1. The zero-order valence-electron chi connectivity index (χ0n) is 12.4. The summed E-state index contributed by atoms with van der Waals surface area (Å²) in [5, 5.41) is 3.64. The van der Waals surface area contributed by atoms with Crippen molar-refractivity contribution in [1.29, 1.82) is 0 Å². The summed E-state index contributed by atoms with van der Waals surface area (Å²) >= 11 is 0. The smallest absolute Gasteiger partial charge is 0.0136 e. The number of rotatable bonds is 12. The van der Waals surface area contributed by atoms with Crippen molar-refractivity contribution < 1.29 is 0 Å². The van der Waals surface area contributed by atoms with E-state index < -0.39 is 0 Å². The maximum absolute atomic E-state index is 3.64. The van der Waals surface area contributed by atoms with Gasteiger partial charge in [0.1, 0.15) is 0 Å². The maximum atomic E-state index is 3.64. The molecule has 0 spiro atoms. The number of unbranched alkanes of at least 4 members (excludes halogenated alkanes) is 9. The molecule has 0 saturated carbocycles. The minimum Gasteiger partial charge on any atom is -0.313 e. The fourth-order valence-electron chi connectivity index (χ4n) is 2.70. The highest BCUT2D eigenvalue weighted by atomic mass is 14.9. The zero-order chi connectivity index (χ0) is 12.9. The van der Waals surface area contributed by atoms with E-state index in [1.165, 1.54) is 83.6 Å². The van der Waals surface area contributed by atoms with Gasteiger partial charge in [-0.05, 0) is 25.8 Å². The molecule has 0 heterocycles. The van der Waals surface area contributed by atoms with E-state index in [0.717, 1.165) is 6.04 Å². The van der Waals surface area contributed by atoms with E-state index in [1.807, 2.05) is 0 Å². The van der Waals surface area contributed by atoms with Crippen LogP contribution < -0.4 is 5.32 Å². The summed E-state index contributed by atoms with van der Waals surface area (Å²) < 4.78 is 0. The molecule has 0 aromatic rings. The Hall–Kier alpha value is -0.300. The SMILES string of the molecule is CCCCCCCCCCCCNC1CC=CC1. The third kappa shape index (κ3) is 8.74. The highest BCUT2D eigenvalue weighted by molar-refractivity contribution is 4.97. The molecule has 106 valence electrons. The summed E-state index contributed by atoms with van der Waals surface area (Å²) in [6.07, 6.45) is 21.4. The molecule has 0 unspecified atom stereocenters. The van der Waals surface area contributed by atoms with E-state index in [4.69, 9.17) is 0 Å². The monoisotopic (exact) mass is 251 g/mol. The van der Waals surface area contributed by atoms with Gasteiger partial charge in [0, 0.05) is 6.04 Å². The van der Waals surface area contributed by atoms with Gasteiger partial charge in [-0.15, -0.1) is 0 Å². The lowest BCUT2D eigenvalue weighted by Gasteiger charge is -2.11. The lowest BCUT2D eigenvalue weighted by Crippen LogP contribution is -2.27. The molecule has 0 amide bonds. The van der Waals surface area contributed by atoms with Crippen molar-refractivity contribution in [2.75, 3.05) is 6.54 Å². The standard InChI is InChI=1S/C17H33N/c1-2-3-4-5-6-7-8-9-10-13-16-18-17-14-11-12-15-17/h11-12,17-18H,2-10,13-16H2,1H3. The van der Waals surface area contributed by atoms with E-state index in [0.29, 0.717) is 0 Å². The topological polar surface area (TPSA) is 12.0 Å². The van der Waals surface area contributed by atoms with Gasteiger partial charge in [0.2, 0.25) is 0 Å². The van der Waals surface area contributed by atoms with Crippen LogP contribution >= 0.6 is 0 Å². The largest absolute Gasteiger partial charge is 0.313 e. The van der Waals surface area contributed by atoms with Gasteiger partial charge in [-0.25, -0.2) is 0 Å². The first-order chi connectivity index (χ1) is 8.93. The molecule has 0 aromatic carbocycles. The Morgan fingerprint density at radius 2 is 1.28 bits per heavy atom. The summed E-state index contributed by atoms with van der Waals surface area (Å²) in [5.74, 6) is 0. The molecule has 1 aliphatic carbocycles. The van der Waals surface area contributed by atoms with Crippen molar-refractivity contribution in [2.24, 2.45) is 0 Å². The molecular formula is C17H33N. The molecule has 1 heteroatoms. The summed E-state index contributed by atoms with van der Waals surface area (Å²) in [5.41, 5.74) is 0. The zero-order valence-corrected chi connectivity index (χ0v) is 12.4. The van der Waals surface area contributed by atoms with Crippen LogP contribution in [0.15, 0.2) is 12.2 Å². The summed E-state index contributed by atoms with van der Waals surface area (Å²) in [6, 6.07) is 0.753. The Balaban J connectivity index is 1.68. The highest BCUT2D eigenvalue weighted by Gasteiger charge is 2.07. The molecule has 0 aromatic heterocycles. The fourth-order valence-corrected chi connectivity index (χ4v) is 2.70. The van der Waals surface area contributed by atoms with Crippen molar-refractivity contribution >= 4 is 0 Å². The van der Waals surface area contributed by atoms with Gasteiger partial charge >= 0.3 is 0 Å². The molecular weight excluding hydrogens is 218 g/mol. The Morgan fingerprint density at radius 1 is 0.778 bits per heavy atom. The first-order valence-corrected chi connectivity index (χ1v) is 8.32. The second-order valence-electron chi connectivity index (χ2n) is 5.78. The first-order valence-electron chi connectivity index (χ1n) is 8.32. The van der Waals surface area contributed by atoms with Crippen LogP contribution in [0.2, 0.25) is 0 Å². The highest BCUT2D eigenvalue weighted by Crippen LogP contribution is 2.11. The molecule has 0 bridgehead atoms. The molecule has 0 fully saturated rings. The van der Waals surface area contributed by atoms with Crippen LogP contribution in [-0.2, 0) is 0 Å². The average molecular weight is 251 g/mol. The fraction of sp³-hybridized carbons (Fsp3) is 0.882. The lowest BCUT2D eigenvalue weighted by molar-refractivity contribution is 0.502. The molecule has 1 N–H and O–H groups in total. The van der Waals surface area contributed by atoms with E-state index in [9.17, 15) is 0 Å². The third-order valence-electron chi connectivity index (χ3n) is 3.97. The van der Waals surface area contributed by atoms with Crippen molar-refractivity contribution in [3.05, 3.63) is 12.2 Å². The first kappa shape index (κ1) is 15.8. The van der Waals surface area contributed by atoms with Crippen molar-refractivity contribution in [3.8, 4) is 0 Å². The van der Waals surface area contributed by atoms with E-state index in [-0.39, 0.29) is 0 Å². The van der Waals surface area contributed by atoms with Crippen LogP contribution in [0, 0.1) is 0 Å². The average Bonchev–Trinajstić information content (AvgIpc) is 2.89. The molecule has 1 rings (SSSR count). The minimum absolute atomic E-state index is 0.753. The predicted octanol–water partition coefficient (Wildman–Crippen LogP) is 5.22. The normalized spacial score (nSPS) is 15.6. The minimum atomic E-state index is 0.753. The molecule has 1 aliphatic rings. The maximum Gasteiger partial charge on any atom is 0.0136 e. The molecule has 0 aliphatic heterocycles. The molecule has 0 radical (unpaired) electrons. The summed E-state index contributed by atoms with van der Waals surface area (Å²) in [7, 11) is 0. The van der Waals surface area contributed by atoms with E-state index >= 15 is 0 Å². The van der Waals surface area contributed by atoms with Gasteiger partial charge in [0.25, 0.3) is 0 Å². The third-order valence-corrected chi connectivity index (χ3v) is 3.97. The molecule has 18 heavy (non-hydrogen) atoms. The van der Waals surface area contributed by atoms with Crippen LogP contribution in [0.25, 0.3) is 0 Å². The summed E-state index contributed by atoms with van der Waals surface area (Å²) in [6.45, 7) is 3.51. The van der Waals surface area contributed by atoms with Crippen molar-refractivity contribution in [3.63, 3.8) is 0 Å². The summed E-state index contributed by atoms with van der Waals surface area (Å²) in [4.78, 5) is 0. The Kier molecular flexibility index (Phi) is 10.3. The van der Waals surface area contributed by atoms with E-state index in [2.05, 4.69) is 24.4 Å². The predicted molar refractivity (Wildman–Crippen MR) is 82.0 cm³/mol. The van der Waals surface area contributed by atoms with Gasteiger partial charge in [-0.3, -0.25) is 0 Å². The van der Waals surface area contributed by atoms with Gasteiger partial charge in [0.05, 0.1) is 0 Å². The number of nitrogens with one attached hydrogen (secondary N) is 1. The van der Waals surface area contributed by atoms with Crippen LogP contribution in [0.4, 0.5) is 0 Å². The second-order valence-corrected chi connectivity index (χ2v) is 5.78. The van der Waals surface area contributed by atoms with Crippen LogP contribution in [-0.4, -0.2) is 12.6 Å². The Bertz CT molecular complexity index is 190. The number of hydrogen-bond donors (Lipinski definition) is 1. The molecule has 0 saturated heterocycles. The van der Waals surface area contributed by atoms with E-state index in [1.54, 1.807) is 0 Å². The second kappa shape index (κ2) is 11.8. The van der Waals surface area contributed by atoms with Gasteiger partial charge < -0.3 is 5.32 Å². The van der Waals surface area contributed by atoms with Gasteiger partial charge in [-0.1, -0.05) is 76.9 Å². The van der Waals surface area contributed by atoms with Crippen LogP contribution in [0.5, 0.6) is 0 Å². The quantitative estimate of drug-likeness (QED) is 0.370. The van der Waals surface area contributed by atoms with Gasteiger partial charge in [-0.2, -0.15) is 0 Å². The Morgan fingerprint density at radius 3 is 1.83 bits per heavy atom. The number of hydrogen-bond acceptors (Lipinski definition) is 1. The Labute approximate surface area is 114 Å². The van der Waals surface area contributed by atoms with Crippen molar-refractivity contribution in [2.45, 2.75) is 90.0 Å². The molecule has 1 nitrogen and oxygen atoms in total. The van der Waals surface area contributed by atoms with Crippen LogP contribution in [0.1, 0.15) is 84.0 Å². The van der Waals surface area contributed by atoms with Crippen LogP contribution in [0.3, 0.4) is 0 Å². The van der Waals surface area contributed by atoms with Crippen molar-refractivity contribution in [1.82, 2.24) is 5.32 Å².